The summed E-state index contributed by atoms with van der Waals surface area (Å²) in [6.45, 7) is 1.09. The number of hydrogen-bond donors (Lipinski definition) is 0. The van der Waals surface area contributed by atoms with E-state index in [1.54, 1.807) is 0 Å². The fraction of sp³-hybridized carbons (Fsp3) is 0.667. The first-order valence-electron chi connectivity index (χ1n) is 3.30. The molecule has 0 aromatic heterocycles. The minimum absolute atomic E-state index is 0.499. The molecule has 64 valence electrons. The normalized spacial score (nSPS) is 21.5. The lowest BCUT2D eigenvalue weighted by atomic mass is 10.3. The van der Waals surface area contributed by atoms with E-state index < -0.39 is 10.0 Å². The van der Waals surface area contributed by atoms with Gasteiger partial charge in [0.2, 0.25) is 10.0 Å². The van der Waals surface area contributed by atoms with Crippen molar-refractivity contribution >= 4 is 26.0 Å². The molecule has 0 aromatic rings. The third kappa shape index (κ3) is 2.57. The number of rotatable bonds is 1. The van der Waals surface area contributed by atoms with Crippen molar-refractivity contribution in [2.75, 3.05) is 19.3 Å². The summed E-state index contributed by atoms with van der Waals surface area (Å²) in [5.74, 6) is 0. The maximum atomic E-state index is 11.0. The van der Waals surface area contributed by atoms with E-state index in [-0.39, 0.29) is 0 Å². The molecular weight excluding hydrogens is 230 g/mol. The Balaban J connectivity index is 2.69. The predicted molar refractivity (Wildman–Crippen MR) is 48.0 cm³/mol. The highest BCUT2D eigenvalue weighted by molar-refractivity contribution is 9.11. The van der Waals surface area contributed by atoms with Gasteiger partial charge in [0.25, 0.3) is 0 Å². The van der Waals surface area contributed by atoms with Crippen LogP contribution in [-0.4, -0.2) is 32.1 Å². The van der Waals surface area contributed by atoms with E-state index in [1.165, 1.54) is 10.6 Å². The minimum Gasteiger partial charge on any atom is -0.212 e. The lowest BCUT2D eigenvalue weighted by Gasteiger charge is -2.21. The van der Waals surface area contributed by atoms with Crippen LogP contribution in [0.1, 0.15) is 6.42 Å². The van der Waals surface area contributed by atoms with Gasteiger partial charge in [-0.15, -0.1) is 0 Å². The van der Waals surface area contributed by atoms with Crippen molar-refractivity contribution in [2.24, 2.45) is 0 Å². The first-order chi connectivity index (χ1) is 5.00. The molecule has 0 bridgehead atoms. The smallest absolute Gasteiger partial charge is 0.211 e. The monoisotopic (exact) mass is 239 g/mol. The minimum atomic E-state index is -2.98. The zero-order chi connectivity index (χ0) is 8.48. The third-order valence-electron chi connectivity index (χ3n) is 1.59. The van der Waals surface area contributed by atoms with Gasteiger partial charge < -0.3 is 0 Å². The molecule has 0 unspecified atom stereocenters. The van der Waals surface area contributed by atoms with Crippen LogP contribution in [0.5, 0.6) is 0 Å². The summed E-state index contributed by atoms with van der Waals surface area (Å²) >= 11 is 3.32. The van der Waals surface area contributed by atoms with Gasteiger partial charge in [-0.25, -0.2) is 8.42 Å². The number of halogens is 1. The van der Waals surface area contributed by atoms with Gasteiger partial charge in [-0.3, -0.25) is 0 Å². The molecule has 11 heavy (non-hydrogen) atoms. The summed E-state index contributed by atoms with van der Waals surface area (Å²) in [4.78, 5) is 0. The topological polar surface area (TPSA) is 37.4 Å². The van der Waals surface area contributed by atoms with E-state index in [4.69, 9.17) is 0 Å². The zero-order valence-electron chi connectivity index (χ0n) is 6.25. The van der Waals surface area contributed by atoms with E-state index in [0.29, 0.717) is 13.1 Å². The van der Waals surface area contributed by atoms with Crippen molar-refractivity contribution < 1.29 is 8.42 Å². The van der Waals surface area contributed by atoms with Gasteiger partial charge in [-0.1, -0.05) is 22.0 Å². The molecule has 0 saturated carbocycles. The Kier molecular flexibility index (Phi) is 2.72. The van der Waals surface area contributed by atoms with Crippen LogP contribution in [0.2, 0.25) is 0 Å². The van der Waals surface area contributed by atoms with Crippen molar-refractivity contribution in [2.45, 2.75) is 6.42 Å². The molecule has 0 N–H and O–H groups in total. The molecule has 0 atom stereocenters. The predicted octanol–water partition coefficient (Wildman–Crippen LogP) is 0.931. The SMILES string of the molecule is CS(=O)(=O)N1CC=C(Br)CC1. The van der Waals surface area contributed by atoms with Gasteiger partial charge in [-0.05, 0) is 10.9 Å². The number of hydrogen-bond acceptors (Lipinski definition) is 2. The average Bonchev–Trinajstić information content (AvgIpc) is 1.86. The van der Waals surface area contributed by atoms with Crippen LogP contribution in [0.15, 0.2) is 10.6 Å². The van der Waals surface area contributed by atoms with Gasteiger partial charge in [0.15, 0.2) is 0 Å². The van der Waals surface area contributed by atoms with E-state index >= 15 is 0 Å². The quantitative estimate of drug-likeness (QED) is 0.683. The Bertz CT molecular complexity index is 270. The van der Waals surface area contributed by atoms with Crippen molar-refractivity contribution in [3.8, 4) is 0 Å². The third-order valence-corrected chi connectivity index (χ3v) is 3.58. The Labute approximate surface area is 75.3 Å². The highest BCUT2D eigenvalue weighted by atomic mass is 79.9. The molecule has 1 aliphatic rings. The molecule has 0 aromatic carbocycles. The fourth-order valence-corrected chi connectivity index (χ4v) is 2.02. The van der Waals surface area contributed by atoms with Crippen molar-refractivity contribution in [1.82, 2.24) is 4.31 Å². The molecule has 5 heteroatoms. The second-order valence-electron chi connectivity index (χ2n) is 2.52. The second kappa shape index (κ2) is 3.25. The first kappa shape index (κ1) is 9.22. The molecule has 1 heterocycles. The van der Waals surface area contributed by atoms with Crippen LogP contribution in [0.3, 0.4) is 0 Å². The summed E-state index contributed by atoms with van der Waals surface area (Å²) in [5.41, 5.74) is 0. The van der Waals surface area contributed by atoms with Gasteiger partial charge in [0.05, 0.1) is 6.26 Å². The molecule has 1 aliphatic heterocycles. The number of nitrogens with zero attached hydrogens (tertiary/aromatic N) is 1. The lowest BCUT2D eigenvalue weighted by molar-refractivity contribution is 0.441. The molecule has 3 nitrogen and oxygen atoms in total. The Morgan fingerprint density at radius 1 is 1.64 bits per heavy atom. The molecule has 0 radical (unpaired) electrons. The van der Waals surface area contributed by atoms with Crippen LogP contribution >= 0.6 is 15.9 Å². The molecule has 0 amide bonds. The summed E-state index contributed by atoms with van der Waals surface area (Å²) in [7, 11) is -2.98. The maximum absolute atomic E-state index is 11.0. The Morgan fingerprint density at radius 2 is 2.27 bits per heavy atom. The largest absolute Gasteiger partial charge is 0.212 e. The lowest BCUT2D eigenvalue weighted by Crippen LogP contribution is -2.33. The van der Waals surface area contributed by atoms with Gasteiger partial charge >= 0.3 is 0 Å². The van der Waals surface area contributed by atoms with Crippen LogP contribution in [0.4, 0.5) is 0 Å². The molecule has 0 saturated heterocycles. The first-order valence-corrected chi connectivity index (χ1v) is 5.94. The summed E-state index contributed by atoms with van der Waals surface area (Å²) in [5, 5.41) is 0. The van der Waals surface area contributed by atoms with Crippen LogP contribution < -0.4 is 0 Å². The summed E-state index contributed by atoms with van der Waals surface area (Å²) < 4.78 is 24.5. The molecule has 0 spiro atoms. The fourth-order valence-electron chi connectivity index (χ4n) is 0.927. The molecule has 0 fully saturated rings. The van der Waals surface area contributed by atoms with E-state index in [2.05, 4.69) is 15.9 Å². The zero-order valence-corrected chi connectivity index (χ0v) is 8.65. The number of sulfonamides is 1. The van der Waals surface area contributed by atoms with Crippen LogP contribution in [0, 0.1) is 0 Å². The van der Waals surface area contributed by atoms with Gasteiger partial charge in [0, 0.05) is 13.1 Å². The van der Waals surface area contributed by atoms with E-state index in [1.807, 2.05) is 6.08 Å². The molecular formula is C6H10BrNO2S. The summed E-state index contributed by atoms with van der Waals surface area (Å²) in [6, 6.07) is 0. The van der Waals surface area contributed by atoms with Crippen LogP contribution in [-0.2, 0) is 10.0 Å². The second-order valence-corrected chi connectivity index (χ2v) is 5.52. The van der Waals surface area contributed by atoms with E-state index in [0.717, 1.165) is 10.9 Å². The molecule has 1 rings (SSSR count). The van der Waals surface area contributed by atoms with Crippen molar-refractivity contribution in [1.29, 1.82) is 0 Å². The highest BCUT2D eigenvalue weighted by Gasteiger charge is 2.18. The van der Waals surface area contributed by atoms with Gasteiger partial charge in [-0.2, -0.15) is 4.31 Å². The van der Waals surface area contributed by atoms with E-state index in [9.17, 15) is 8.42 Å². The Hall–Kier alpha value is 0.130. The Morgan fingerprint density at radius 3 is 2.64 bits per heavy atom. The van der Waals surface area contributed by atoms with Crippen molar-refractivity contribution in [3.05, 3.63) is 10.6 Å². The average molecular weight is 240 g/mol. The standard InChI is InChI=1S/C6H10BrNO2S/c1-11(9,10)8-4-2-6(7)3-5-8/h2H,3-5H2,1H3. The maximum Gasteiger partial charge on any atom is 0.211 e. The van der Waals surface area contributed by atoms with Crippen molar-refractivity contribution in [3.63, 3.8) is 0 Å². The summed E-state index contributed by atoms with van der Waals surface area (Å²) in [6.07, 6.45) is 3.90. The van der Waals surface area contributed by atoms with Gasteiger partial charge in [0.1, 0.15) is 0 Å². The molecule has 0 aliphatic carbocycles. The highest BCUT2D eigenvalue weighted by Crippen LogP contribution is 2.17. The van der Waals surface area contributed by atoms with Crippen LogP contribution in [0.25, 0.3) is 0 Å².